The summed E-state index contributed by atoms with van der Waals surface area (Å²) in [6, 6.07) is 0. The smallest absolute Gasteiger partial charge is 0.458 e. The van der Waals surface area contributed by atoms with E-state index in [0.29, 0.717) is 51.4 Å². The minimum Gasteiger partial charge on any atom is -0.458 e. The van der Waals surface area contributed by atoms with Crippen LogP contribution in [0.5, 0.6) is 0 Å². The number of hydrogen-bond acceptors (Lipinski definition) is 13. The maximum absolute atomic E-state index is 13.3. The molecule has 3 unspecified atom stereocenters. The average Bonchev–Trinajstić information content (AvgIpc) is 1.86. The van der Waals surface area contributed by atoms with Crippen LogP contribution in [-0.4, -0.2) is 79.8 Å². The first-order chi connectivity index (χ1) is 46.9. The van der Waals surface area contributed by atoms with E-state index in [2.05, 4.69) is 48.1 Å². The lowest BCUT2D eigenvalue weighted by Crippen LogP contribution is -2.36. The van der Waals surface area contributed by atoms with Crippen LogP contribution in [0.15, 0.2) is 12.7 Å². The molecular formula is C82H159O13P. The predicted molar refractivity (Wildman–Crippen MR) is 404 cm³/mol. The molecule has 0 aromatic heterocycles. The third-order valence-corrected chi connectivity index (χ3v) is 19.9. The van der Waals surface area contributed by atoms with Gasteiger partial charge in [0.25, 0.3) is 0 Å². The Morgan fingerprint density at radius 3 is 0.750 bits per heavy atom. The molecule has 0 saturated carbocycles. The van der Waals surface area contributed by atoms with Crippen molar-refractivity contribution in [3.05, 3.63) is 12.7 Å². The highest BCUT2D eigenvalue weighted by atomic mass is 31.2. The van der Waals surface area contributed by atoms with Gasteiger partial charge in [0.2, 0.25) is 0 Å². The first kappa shape index (κ1) is 95.7. The lowest BCUT2D eigenvalue weighted by atomic mass is 10.0. The molecule has 5 atom stereocenters. The largest absolute Gasteiger partial charge is 0.475 e. The van der Waals surface area contributed by atoms with Crippen LogP contribution < -0.4 is 0 Å². The summed E-state index contributed by atoms with van der Waals surface area (Å²) in [5, 5.41) is 9.76. The van der Waals surface area contributed by atoms with Crippen LogP contribution in [0.3, 0.4) is 0 Å². The monoisotopic (exact) mass is 1380 g/mol. The van der Waals surface area contributed by atoms with E-state index in [-0.39, 0.29) is 56.7 Å². The highest BCUT2D eigenvalue weighted by Gasteiger charge is 2.32. The molecule has 14 heteroatoms. The van der Waals surface area contributed by atoms with Gasteiger partial charge in [0, 0.05) is 45.1 Å². The molecule has 0 rings (SSSR count). The Balaban J connectivity index is 0. The van der Waals surface area contributed by atoms with Crippen molar-refractivity contribution in [3.8, 4) is 0 Å². The third-order valence-electron chi connectivity index (χ3n) is 18.5. The zero-order valence-corrected chi connectivity index (χ0v) is 65.2. The van der Waals surface area contributed by atoms with Crippen molar-refractivity contribution in [3.63, 3.8) is 0 Å². The van der Waals surface area contributed by atoms with Crippen LogP contribution in [0.25, 0.3) is 0 Å². The molecule has 0 aliphatic carbocycles. The van der Waals surface area contributed by atoms with Gasteiger partial charge < -0.3 is 24.1 Å². The van der Waals surface area contributed by atoms with Crippen LogP contribution in [0, 0.1) is 0 Å². The summed E-state index contributed by atoms with van der Waals surface area (Å²) in [5.74, 6) is -0.950. The molecule has 1 N–H and O–H groups in total. The number of aliphatic hydroxyl groups excluding tert-OH is 1. The van der Waals surface area contributed by atoms with E-state index >= 15 is 0 Å². The molecule has 570 valence electrons. The highest BCUT2D eigenvalue weighted by Crippen LogP contribution is 2.49. The van der Waals surface area contributed by atoms with E-state index in [1.807, 2.05) is 6.92 Å². The molecule has 0 spiro atoms. The Bertz CT molecular complexity index is 1710. The van der Waals surface area contributed by atoms with E-state index in [1.165, 1.54) is 244 Å². The van der Waals surface area contributed by atoms with E-state index in [9.17, 15) is 28.8 Å². The number of aliphatic hydroxyl groups is 1. The van der Waals surface area contributed by atoms with E-state index < -0.39 is 32.2 Å². The molecule has 0 fully saturated rings. The van der Waals surface area contributed by atoms with Crippen molar-refractivity contribution >= 4 is 31.7 Å². The van der Waals surface area contributed by atoms with Crippen LogP contribution >= 0.6 is 7.82 Å². The van der Waals surface area contributed by atoms with Crippen molar-refractivity contribution in [2.24, 2.45) is 0 Å². The number of carbonyl (C=O) groups is 4. The number of carbonyl (C=O) groups excluding carboxylic acids is 4. The van der Waals surface area contributed by atoms with Crippen molar-refractivity contribution < 1.29 is 61.4 Å². The van der Waals surface area contributed by atoms with Crippen molar-refractivity contribution in [1.82, 2.24) is 0 Å². The van der Waals surface area contributed by atoms with E-state index in [1.54, 1.807) is 0 Å². The normalized spacial score (nSPS) is 13.3. The Hall–Kier alpha value is -2.31. The first-order valence-electron chi connectivity index (χ1n) is 41.5. The second-order valence-electron chi connectivity index (χ2n) is 28.0. The van der Waals surface area contributed by atoms with Gasteiger partial charge >= 0.3 is 31.7 Å². The standard InChI is InChI=1S/C44H85O8P.C38H74O5/c1-6-11-14-17-20-23-24-27-30-33-36-44(46)52-42(37-40-50-53(47,48-38-9-4)49-39-10-5)41(34-31-28-25-21-18-15-12-7-2)51-43(45)35-32-29-26-22-19-16-13-8-3;1-4-7-10-13-16-19-20-23-26-29-32-38(41)43-36(33-34-39)35(30-27-24-21-17-14-11-8-5-2)42-37(40)31-28-25-22-18-15-12-9-6-3/h9,41-42H,4,6-8,10-40H2,1-3,5H3;35-36,39H,4-34H2,1-3H3/t41?,42-,53?;35?,36-/m11/s1. The zero-order valence-electron chi connectivity index (χ0n) is 64.3. The van der Waals surface area contributed by atoms with Crippen molar-refractivity contribution in [1.29, 1.82) is 0 Å². The number of phosphoric ester groups is 1. The molecule has 0 heterocycles. The molecule has 0 saturated heterocycles. The molecule has 0 bridgehead atoms. The summed E-state index contributed by atoms with van der Waals surface area (Å²) in [6.45, 7) is 19.1. The fraction of sp³-hybridized carbons (Fsp3) is 0.927. The van der Waals surface area contributed by atoms with Gasteiger partial charge in [-0.15, -0.1) is 6.58 Å². The second kappa shape index (κ2) is 76.9. The van der Waals surface area contributed by atoms with Gasteiger partial charge in [-0.2, -0.15) is 0 Å². The van der Waals surface area contributed by atoms with Crippen LogP contribution in [0.4, 0.5) is 0 Å². The van der Waals surface area contributed by atoms with Gasteiger partial charge in [0.05, 0.1) is 19.8 Å². The van der Waals surface area contributed by atoms with Gasteiger partial charge in [-0.1, -0.05) is 350 Å². The fourth-order valence-corrected chi connectivity index (χ4v) is 13.6. The quantitative estimate of drug-likeness (QED) is 0.0201. The minimum absolute atomic E-state index is 0.0235. The summed E-state index contributed by atoms with van der Waals surface area (Å²) >= 11 is 0. The number of phosphoric acid groups is 1. The Kier molecular flexibility index (Phi) is 76.7. The molecule has 0 amide bonds. The maximum atomic E-state index is 13.3. The summed E-state index contributed by atoms with van der Waals surface area (Å²) in [4.78, 5) is 52.0. The molecular weight excluding hydrogens is 1220 g/mol. The molecule has 0 aliphatic heterocycles. The summed E-state index contributed by atoms with van der Waals surface area (Å²) in [6.07, 6.45) is 64.8. The second-order valence-corrected chi connectivity index (χ2v) is 29.6. The molecule has 0 aromatic rings. The maximum Gasteiger partial charge on any atom is 0.475 e. The van der Waals surface area contributed by atoms with E-state index in [4.69, 9.17) is 32.5 Å². The number of rotatable bonds is 76. The SMILES string of the molecule is C=CCOP(=O)(OCCC)OCC[C@@H](OC(=O)CCCCCCCCCCCC)C(CCCCCCCCCC)OC(=O)CCCCCCCCCC.CCCCCCCCCCCCC(=O)O[C@H](CCO)C(CCCCCCCCCC)OC(=O)CCCCCCCCCC. The topological polar surface area (TPSA) is 170 Å². The number of esters is 4. The van der Waals surface area contributed by atoms with Crippen molar-refractivity contribution in [2.45, 2.75) is 465 Å². The predicted octanol–water partition coefficient (Wildman–Crippen LogP) is 25.9. The van der Waals surface area contributed by atoms with Gasteiger partial charge in [-0.05, 0) is 57.8 Å². The van der Waals surface area contributed by atoms with Gasteiger partial charge in [-0.3, -0.25) is 32.7 Å². The Morgan fingerprint density at radius 1 is 0.292 bits per heavy atom. The molecule has 0 aliphatic rings. The van der Waals surface area contributed by atoms with Gasteiger partial charge in [-0.25, -0.2) is 4.57 Å². The van der Waals surface area contributed by atoms with Crippen LogP contribution in [0.2, 0.25) is 0 Å². The molecule has 0 radical (unpaired) electrons. The molecule has 13 nitrogen and oxygen atoms in total. The highest BCUT2D eigenvalue weighted by molar-refractivity contribution is 7.48. The minimum atomic E-state index is -3.83. The zero-order chi connectivity index (χ0) is 70.7. The average molecular weight is 1380 g/mol. The summed E-state index contributed by atoms with van der Waals surface area (Å²) in [7, 11) is -3.83. The Labute approximate surface area is 593 Å². The van der Waals surface area contributed by atoms with Crippen molar-refractivity contribution in [2.75, 3.05) is 26.4 Å². The third kappa shape index (κ3) is 67.5. The van der Waals surface area contributed by atoms with Gasteiger partial charge in [0.1, 0.15) is 24.4 Å². The van der Waals surface area contributed by atoms with E-state index in [0.717, 1.165) is 96.3 Å². The first-order valence-corrected chi connectivity index (χ1v) is 42.9. The number of ether oxygens (including phenoxy) is 4. The van der Waals surface area contributed by atoms with Crippen LogP contribution in [-0.2, 0) is 56.3 Å². The number of hydrogen-bond donors (Lipinski definition) is 1. The Morgan fingerprint density at radius 2 is 0.510 bits per heavy atom. The van der Waals surface area contributed by atoms with Crippen LogP contribution in [0.1, 0.15) is 440 Å². The lowest BCUT2D eigenvalue weighted by molar-refractivity contribution is -0.170. The molecule has 96 heavy (non-hydrogen) atoms. The fourth-order valence-electron chi connectivity index (χ4n) is 12.3. The van der Waals surface area contributed by atoms with Gasteiger partial charge in [0.15, 0.2) is 0 Å². The molecule has 0 aromatic carbocycles. The summed E-state index contributed by atoms with van der Waals surface area (Å²) < 4.78 is 53.9. The lowest BCUT2D eigenvalue weighted by Gasteiger charge is -2.28. The number of unbranched alkanes of at least 4 members (excludes halogenated alkanes) is 46. The summed E-state index contributed by atoms with van der Waals surface area (Å²) in [5.41, 5.74) is 0.